The zero-order valence-electron chi connectivity index (χ0n) is 20.1. The van der Waals surface area contributed by atoms with Gasteiger partial charge < -0.3 is 23.9 Å². The predicted octanol–water partition coefficient (Wildman–Crippen LogP) is 3.98. The first-order chi connectivity index (χ1) is 16.2. The molecule has 2 aromatic rings. The molecule has 3 aliphatic heterocycles. The number of piperidine rings is 1. The summed E-state index contributed by atoms with van der Waals surface area (Å²) in [6.07, 6.45) is 1.84. The molecule has 6 atom stereocenters. The van der Waals surface area contributed by atoms with Gasteiger partial charge in [0.15, 0.2) is 0 Å². The molecule has 1 N–H and O–H groups in total. The molecule has 0 radical (unpaired) electrons. The summed E-state index contributed by atoms with van der Waals surface area (Å²) in [4.78, 5) is 31.0. The smallest absolute Gasteiger partial charge is 0.459 e. The van der Waals surface area contributed by atoms with E-state index in [1.165, 1.54) is 11.3 Å². The van der Waals surface area contributed by atoms with Crippen molar-refractivity contribution in [1.82, 2.24) is 9.88 Å². The van der Waals surface area contributed by atoms with Gasteiger partial charge in [0, 0.05) is 42.9 Å². The molecule has 1 aliphatic carbocycles. The van der Waals surface area contributed by atoms with Crippen molar-refractivity contribution in [2.24, 2.45) is 17.8 Å². The number of H-pyrrole nitrogens is 1. The van der Waals surface area contributed by atoms with E-state index in [1.54, 1.807) is 7.11 Å². The van der Waals surface area contributed by atoms with Crippen LogP contribution < -0.4 is 4.74 Å². The van der Waals surface area contributed by atoms with Crippen LogP contribution in [0, 0.1) is 17.8 Å². The lowest BCUT2D eigenvalue weighted by atomic mass is 9.65. The molecule has 8 nitrogen and oxygen atoms in total. The van der Waals surface area contributed by atoms with E-state index < -0.39 is 11.8 Å². The fourth-order valence-corrected chi connectivity index (χ4v) is 6.75. The van der Waals surface area contributed by atoms with E-state index >= 15 is 0 Å². The second-order valence-electron chi connectivity index (χ2n) is 11.1. The number of ether oxygens (including phenoxy) is 4. The van der Waals surface area contributed by atoms with Crippen molar-refractivity contribution in [1.29, 1.82) is 0 Å². The summed E-state index contributed by atoms with van der Waals surface area (Å²) in [7, 11) is 1.69. The first-order valence-corrected chi connectivity index (χ1v) is 12.2. The summed E-state index contributed by atoms with van der Waals surface area (Å²) < 4.78 is 22.1. The lowest BCUT2D eigenvalue weighted by Gasteiger charge is -2.50. The number of methoxy groups -OCH3 is 1. The third-order valence-electron chi connectivity index (χ3n) is 8.02. The highest BCUT2D eigenvalue weighted by Crippen LogP contribution is 2.52. The minimum absolute atomic E-state index is 0.0885. The highest BCUT2D eigenvalue weighted by molar-refractivity contribution is 5.87. The van der Waals surface area contributed by atoms with Crippen molar-refractivity contribution < 1.29 is 28.5 Å². The minimum atomic E-state index is -0.709. The Labute approximate surface area is 198 Å². The van der Waals surface area contributed by atoms with Crippen LogP contribution in [0.25, 0.3) is 10.9 Å². The standard InChI is InChI=1S/C26H32N2O6/c1-26(2,3)34-25(30)32-14-5-6-15-16-7-8-28-12-13-9-20-23(31-4)21(24(29)33-20)17(13)11-19(28)22(16)27-18(15)10-14/h5-6,10,13,17,19-21,23,27H,7-9,11-12H2,1-4H3. The van der Waals surface area contributed by atoms with Gasteiger partial charge in [0.2, 0.25) is 0 Å². The third kappa shape index (κ3) is 3.50. The quantitative estimate of drug-likeness (QED) is 0.527. The molecule has 6 rings (SSSR count). The van der Waals surface area contributed by atoms with Gasteiger partial charge in [-0.2, -0.15) is 0 Å². The Hall–Kier alpha value is -2.58. The van der Waals surface area contributed by atoms with Crippen LogP contribution in [0.4, 0.5) is 4.79 Å². The molecular weight excluding hydrogens is 436 g/mol. The fourth-order valence-electron chi connectivity index (χ4n) is 6.75. The van der Waals surface area contributed by atoms with Crippen molar-refractivity contribution >= 4 is 23.0 Å². The molecule has 1 aromatic carbocycles. The molecule has 182 valence electrons. The van der Waals surface area contributed by atoms with Gasteiger partial charge >= 0.3 is 12.1 Å². The van der Waals surface area contributed by atoms with Gasteiger partial charge in [-0.3, -0.25) is 9.69 Å². The molecule has 1 aromatic heterocycles. The molecule has 8 heteroatoms. The summed E-state index contributed by atoms with van der Waals surface area (Å²) in [6.45, 7) is 7.41. The van der Waals surface area contributed by atoms with Gasteiger partial charge in [0.05, 0.1) is 12.0 Å². The van der Waals surface area contributed by atoms with Gasteiger partial charge in [0.1, 0.15) is 23.6 Å². The van der Waals surface area contributed by atoms with E-state index in [2.05, 4.69) is 9.88 Å². The van der Waals surface area contributed by atoms with Gasteiger partial charge in [-0.05, 0) is 69.6 Å². The Balaban J connectivity index is 1.28. The molecule has 2 bridgehead atoms. The average molecular weight is 469 g/mol. The van der Waals surface area contributed by atoms with E-state index in [0.717, 1.165) is 43.3 Å². The second-order valence-corrected chi connectivity index (χ2v) is 11.1. The summed E-state index contributed by atoms with van der Waals surface area (Å²) in [5.41, 5.74) is 2.89. The lowest BCUT2D eigenvalue weighted by Crippen LogP contribution is -2.53. The van der Waals surface area contributed by atoms with Gasteiger partial charge in [-0.1, -0.05) is 0 Å². The number of nitrogens with zero attached hydrogens (tertiary/aromatic N) is 1. The topological polar surface area (TPSA) is 90.1 Å². The summed E-state index contributed by atoms with van der Waals surface area (Å²) in [6, 6.07) is 5.94. The molecule has 0 amide bonds. The van der Waals surface area contributed by atoms with E-state index in [1.807, 2.05) is 39.0 Å². The summed E-state index contributed by atoms with van der Waals surface area (Å²) in [5.74, 6) is 0.925. The van der Waals surface area contributed by atoms with Crippen molar-refractivity contribution in [3.63, 3.8) is 0 Å². The van der Waals surface area contributed by atoms with E-state index in [4.69, 9.17) is 18.9 Å². The molecule has 6 unspecified atom stereocenters. The Morgan fingerprint density at radius 2 is 2.06 bits per heavy atom. The number of hydrogen-bond acceptors (Lipinski definition) is 7. The highest BCUT2D eigenvalue weighted by atomic mass is 16.7. The van der Waals surface area contributed by atoms with Gasteiger partial charge in [-0.15, -0.1) is 0 Å². The van der Waals surface area contributed by atoms with Crippen LogP contribution in [-0.4, -0.2) is 60.0 Å². The first kappa shape index (κ1) is 21.9. The normalized spacial score (nSPS) is 32.5. The maximum absolute atomic E-state index is 12.7. The molecular formula is C26H32N2O6. The Morgan fingerprint density at radius 3 is 2.82 bits per heavy atom. The number of aromatic amines is 1. The number of carbonyl (C=O) groups excluding carboxylic acids is 2. The number of nitrogens with one attached hydrogen (secondary N) is 1. The molecule has 4 aliphatic rings. The third-order valence-corrected chi connectivity index (χ3v) is 8.02. The minimum Gasteiger partial charge on any atom is -0.459 e. The number of benzene rings is 1. The first-order valence-electron chi connectivity index (χ1n) is 12.2. The highest BCUT2D eigenvalue weighted by Gasteiger charge is 2.58. The number of hydrogen-bond donors (Lipinski definition) is 1. The van der Waals surface area contributed by atoms with Gasteiger partial charge in [-0.25, -0.2) is 4.79 Å². The van der Waals surface area contributed by atoms with E-state index in [0.29, 0.717) is 11.7 Å². The number of rotatable bonds is 2. The van der Waals surface area contributed by atoms with E-state index in [-0.39, 0.29) is 36.1 Å². The molecule has 3 fully saturated rings. The van der Waals surface area contributed by atoms with Crippen LogP contribution in [-0.2, 0) is 25.4 Å². The predicted molar refractivity (Wildman–Crippen MR) is 124 cm³/mol. The Morgan fingerprint density at radius 1 is 1.24 bits per heavy atom. The molecule has 2 saturated heterocycles. The van der Waals surface area contributed by atoms with Crippen molar-refractivity contribution in [2.75, 3.05) is 20.2 Å². The SMILES string of the molecule is COC1C2CC3CN4CCc5c([nH]c6cc(OC(=O)OC(C)(C)C)ccc56)C4CC3C1C(=O)O2. The Bertz CT molecular complexity index is 1150. The zero-order chi connectivity index (χ0) is 23.8. The molecule has 1 saturated carbocycles. The zero-order valence-corrected chi connectivity index (χ0v) is 20.1. The monoisotopic (exact) mass is 468 g/mol. The van der Waals surface area contributed by atoms with Crippen molar-refractivity contribution in [3.05, 3.63) is 29.5 Å². The van der Waals surface area contributed by atoms with Gasteiger partial charge in [0.25, 0.3) is 0 Å². The number of esters is 1. The fraction of sp³-hybridized carbons (Fsp3) is 0.615. The molecule has 0 spiro atoms. The van der Waals surface area contributed by atoms with Crippen molar-refractivity contribution in [2.45, 2.75) is 63.9 Å². The molecule has 4 heterocycles. The van der Waals surface area contributed by atoms with Crippen LogP contribution in [0.3, 0.4) is 0 Å². The lowest BCUT2D eigenvalue weighted by molar-refractivity contribution is -0.144. The Kier molecular flexibility index (Phi) is 4.97. The van der Waals surface area contributed by atoms with Crippen LogP contribution >= 0.6 is 0 Å². The average Bonchev–Trinajstić information content (AvgIpc) is 3.24. The maximum Gasteiger partial charge on any atom is 0.514 e. The largest absolute Gasteiger partial charge is 0.514 e. The number of fused-ring (bicyclic) bond motifs is 9. The van der Waals surface area contributed by atoms with Crippen molar-refractivity contribution in [3.8, 4) is 5.75 Å². The maximum atomic E-state index is 12.7. The van der Waals surface area contributed by atoms with Crippen LogP contribution in [0.15, 0.2) is 18.2 Å². The van der Waals surface area contributed by atoms with E-state index in [9.17, 15) is 9.59 Å². The van der Waals surface area contributed by atoms with Crippen LogP contribution in [0.5, 0.6) is 5.75 Å². The molecule has 34 heavy (non-hydrogen) atoms. The summed E-state index contributed by atoms with van der Waals surface area (Å²) in [5, 5.41) is 1.16. The number of aromatic nitrogens is 1. The summed E-state index contributed by atoms with van der Waals surface area (Å²) >= 11 is 0. The van der Waals surface area contributed by atoms with Crippen LogP contribution in [0.1, 0.15) is 50.9 Å². The number of carbonyl (C=O) groups is 2. The van der Waals surface area contributed by atoms with Crippen LogP contribution in [0.2, 0.25) is 0 Å². The second kappa shape index (κ2) is 7.71.